The van der Waals surface area contributed by atoms with E-state index in [0.717, 1.165) is 19.3 Å². The number of hydrogen-bond donors (Lipinski definition) is 1. The molecule has 2 aromatic rings. The summed E-state index contributed by atoms with van der Waals surface area (Å²) in [6.45, 7) is 3.94. The Morgan fingerprint density at radius 2 is 1.94 bits per heavy atom. The van der Waals surface area contributed by atoms with Gasteiger partial charge in [-0.3, -0.25) is 9.59 Å². The Balaban J connectivity index is 1.76. The summed E-state index contributed by atoms with van der Waals surface area (Å²) < 4.78 is 27.9. The van der Waals surface area contributed by atoms with Crippen molar-refractivity contribution in [2.75, 3.05) is 25.5 Å². The average Bonchev–Trinajstić information content (AvgIpc) is 2.73. The first-order valence-corrected chi connectivity index (χ1v) is 12.3. The lowest BCUT2D eigenvalue weighted by Crippen LogP contribution is -2.42. The van der Waals surface area contributed by atoms with Gasteiger partial charge < -0.3 is 10.2 Å². The molecule has 1 aliphatic heterocycles. The molecule has 2 aromatic carbocycles. The molecule has 1 unspecified atom stereocenters. The molecule has 0 spiro atoms. The van der Waals surface area contributed by atoms with Gasteiger partial charge in [-0.05, 0) is 62.6 Å². The third-order valence-electron chi connectivity index (χ3n) is 5.62. The number of aryl methyl sites for hydroxylation is 1. The lowest BCUT2D eigenvalue weighted by molar-refractivity contribution is -0.116. The first-order valence-electron chi connectivity index (χ1n) is 10.5. The van der Waals surface area contributed by atoms with Gasteiger partial charge in [0.1, 0.15) is 0 Å². The topological polar surface area (TPSA) is 86.8 Å². The van der Waals surface area contributed by atoms with Crippen LogP contribution in [0.2, 0.25) is 5.02 Å². The Labute approximate surface area is 194 Å². The molecule has 2 amide bonds. The molecule has 0 saturated carbocycles. The number of carbonyl (C=O) groups excluding carboxylic acids is 2. The number of carbonyl (C=O) groups is 2. The predicted molar refractivity (Wildman–Crippen MR) is 125 cm³/mol. The zero-order chi connectivity index (χ0) is 23.5. The van der Waals surface area contributed by atoms with Crippen molar-refractivity contribution in [2.45, 2.75) is 44.0 Å². The van der Waals surface area contributed by atoms with Crippen LogP contribution in [0.15, 0.2) is 47.4 Å². The molecule has 1 saturated heterocycles. The molecule has 7 nitrogen and oxygen atoms in total. The van der Waals surface area contributed by atoms with Crippen molar-refractivity contribution in [3.05, 3.63) is 58.6 Å². The first kappa shape index (κ1) is 24.2. The molecule has 3 rings (SSSR count). The van der Waals surface area contributed by atoms with Gasteiger partial charge in [-0.25, -0.2) is 8.42 Å². The molecule has 1 heterocycles. The Hall–Kier alpha value is -2.42. The molecule has 32 heavy (non-hydrogen) atoms. The summed E-state index contributed by atoms with van der Waals surface area (Å²) in [6.07, 6.45) is 2.65. The third kappa shape index (κ3) is 5.49. The summed E-state index contributed by atoms with van der Waals surface area (Å²) >= 11 is 5.93. The second-order valence-electron chi connectivity index (χ2n) is 8.16. The van der Waals surface area contributed by atoms with Crippen LogP contribution in [0.25, 0.3) is 0 Å². The smallest absolute Gasteiger partial charge is 0.254 e. The maximum Gasteiger partial charge on any atom is 0.254 e. The maximum atomic E-state index is 13.2. The van der Waals surface area contributed by atoms with Gasteiger partial charge >= 0.3 is 0 Å². The van der Waals surface area contributed by atoms with Crippen LogP contribution >= 0.6 is 11.6 Å². The number of rotatable bonds is 6. The van der Waals surface area contributed by atoms with Crippen molar-refractivity contribution in [2.24, 2.45) is 0 Å². The predicted octanol–water partition coefficient (Wildman–Crippen LogP) is 3.92. The van der Waals surface area contributed by atoms with Gasteiger partial charge in [0.25, 0.3) is 5.91 Å². The molecule has 1 atom stereocenters. The Morgan fingerprint density at radius 3 is 2.62 bits per heavy atom. The number of likely N-dealkylation sites (N-methyl/N-ethyl adjacent to an activating group) is 1. The van der Waals surface area contributed by atoms with Gasteiger partial charge in [0, 0.05) is 35.9 Å². The highest BCUT2D eigenvalue weighted by molar-refractivity contribution is 7.89. The highest BCUT2D eigenvalue weighted by Gasteiger charge is 2.31. The van der Waals surface area contributed by atoms with E-state index in [1.165, 1.54) is 28.4 Å². The molecule has 0 radical (unpaired) electrons. The second kappa shape index (κ2) is 10.0. The molecular formula is C23H28ClN3O4S. The number of amides is 2. The highest BCUT2D eigenvalue weighted by Crippen LogP contribution is 2.26. The van der Waals surface area contributed by atoms with Crippen LogP contribution in [0.1, 0.15) is 42.1 Å². The Morgan fingerprint density at radius 1 is 1.19 bits per heavy atom. The van der Waals surface area contributed by atoms with Crippen molar-refractivity contribution in [1.29, 1.82) is 0 Å². The monoisotopic (exact) mass is 477 g/mol. The minimum Gasteiger partial charge on any atom is -0.332 e. The number of nitrogens with zero attached hydrogens (tertiary/aromatic N) is 2. The van der Waals surface area contributed by atoms with E-state index in [9.17, 15) is 18.0 Å². The summed E-state index contributed by atoms with van der Waals surface area (Å²) in [4.78, 5) is 26.8. The van der Waals surface area contributed by atoms with Gasteiger partial charge in [0.15, 0.2) is 0 Å². The summed E-state index contributed by atoms with van der Waals surface area (Å²) in [6, 6.07) is 11.2. The van der Waals surface area contributed by atoms with Crippen LogP contribution in [0.3, 0.4) is 0 Å². The molecule has 172 valence electrons. The zero-order valence-electron chi connectivity index (χ0n) is 18.5. The molecule has 1 aliphatic rings. The summed E-state index contributed by atoms with van der Waals surface area (Å²) in [5.41, 5.74) is 1.43. The molecule has 1 fully saturated rings. The molecule has 0 aliphatic carbocycles. The quantitative estimate of drug-likeness (QED) is 0.683. The van der Waals surface area contributed by atoms with Gasteiger partial charge in [-0.1, -0.05) is 30.2 Å². The van der Waals surface area contributed by atoms with E-state index < -0.39 is 15.9 Å². The lowest BCUT2D eigenvalue weighted by atomic mass is 10.1. The van der Waals surface area contributed by atoms with Crippen molar-refractivity contribution in [3.63, 3.8) is 0 Å². The summed E-state index contributed by atoms with van der Waals surface area (Å²) in [7, 11) is -2.20. The number of halogens is 1. The fourth-order valence-electron chi connectivity index (χ4n) is 3.82. The molecular weight excluding hydrogens is 450 g/mol. The maximum absolute atomic E-state index is 13.2. The number of nitrogens with one attached hydrogen (secondary N) is 1. The van der Waals surface area contributed by atoms with Gasteiger partial charge in [0.2, 0.25) is 15.9 Å². The van der Waals surface area contributed by atoms with Crippen molar-refractivity contribution < 1.29 is 18.0 Å². The number of anilines is 1. The fraction of sp³-hybridized carbons (Fsp3) is 0.391. The van der Waals surface area contributed by atoms with Gasteiger partial charge in [-0.15, -0.1) is 0 Å². The summed E-state index contributed by atoms with van der Waals surface area (Å²) in [5, 5.41) is 3.19. The van der Waals surface area contributed by atoms with Gasteiger partial charge in [-0.2, -0.15) is 4.31 Å². The molecule has 0 aromatic heterocycles. The Kier molecular flexibility index (Phi) is 7.59. The van der Waals surface area contributed by atoms with E-state index in [2.05, 4.69) is 5.32 Å². The minimum atomic E-state index is -3.71. The van der Waals surface area contributed by atoms with Crippen LogP contribution < -0.4 is 5.32 Å². The van der Waals surface area contributed by atoms with Crippen LogP contribution in [-0.2, 0) is 14.8 Å². The van der Waals surface area contributed by atoms with E-state index in [1.54, 1.807) is 37.3 Å². The van der Waals surface area contributed by atoms with E-state index in [4.69, 9.17) is 11.6 Å². The van der Waals surface area contributed by atoms with Gasteiger partial charge in [0.05, 0.1) is 11.4 Å². The van der Waals surface area contributed by atoms with Crippen LogP contribution in [0, 0.1) is 6.92 Å². The molecule has 1 N–H and O–H groups in total. The van der Waals surface area contributed by atoms with Crippen LogP contribution in [0.4, 0.5) is 5.69 Å². The normalized spacial score (nSPS) is 17.1. The van der Waals surface area contributed by atoms with Crippen LogP contribution in [-0.4, -0.2) is 55.6 Å². The Bertz CT molecular complexity index is 1120. The standard InChI is InChI=1S/C23H28ClN3O4S/c1-16-10-11-20(32(30,31)27-12-5-4-7-17(27)2)14-21(16)23(29)26(3)15-22(28)25-19-9-6-8-18(24)13-19/h6,8-11,13-14,17H,4-5,7,12,15H2,1-3H3,(H,25,28). The third-order valence-corrected chi connectivity index (χ3v) is 7.87. The van der Waals surface area contributed by atoms with E-state index in [0.29, 0.717) is 22.8 Å². The first-order chi connectivity index (χ1) is 15.1. The van der Waals surface area contributed by atoms with Crippen molar-refractivity contribution >= 4 is 39.1 Å². The zero-order valence-corrected chi connectivity index (χ0v) is 20.0. The molecule has 0 bridgehead atoms. The van der Waals surface area contributed by atoms with Crippen molar-refractivity contribution in [3.8, 4) is 0 Å². The highest BCUT2D eigenvalue weighted by atomic mass is 35.5. The SMILES string of the molecule is Cc1ccc(S(=O)(=O)N2CCCCC2C)cc1C(=O)N(C)CC(=O)Nc1cccc(Cl)c1. The number of hydrogen-bond acceptors (Lipinski definition) is 4. The van der Waals surface area contributed by atoms with Crippen molar-refractivity contribution in [1.82, 2.24) is 9.21 Å². The van der Waals surface area contributed by atoms with E-state index >= 15 is 0 Å². The number of benzene rings is 2. The lowest BCUT2D eigenvalue weighted by Gasteiger charge is -2.32. The van der Waals surface area contributed by atoms with Crippen LogP contribution in [0.5, 0.6) is 0 Å². The average molecular weight is 478 g/mol. The van der Waals surface area contributed by atoms with E-state index in [1.807, 2.05) is 6.92 Å². The largest absolute Gasteiger partial charge is 0.332 e. The number of piperidine rings is 1. The summed E-state index contributed by atoms with van der Waals surface area (Å²) in [5.74, 6) is -0.806. The number of sulfonamides is 1. The molecule has 9 heteroatoms. The van der Waals surface area contributed by atoms with E-state index in [-0.39, 0.29) is 29.0 Å². The second-order valence-corrected chi connectivity index (χ2v) is 10.5. The minimum absolute atomic E-state index is 0.0768. The fourth-order valence-corrected chi connectivity index (χ4v) is 5.73.